The molecule has 1 fully saturated rings. The molecule has 0 bridgehead atoms. The highest BCUT2D eigenvalue weighted by Gasteiger charge is 2.28. The largest absolute Gasteiger partial charge is 0.497 e. The van der Waals surface area contributed by atoms with Gasteiger partial charge in [-0.2, -0.15) is 0 Å². The molecule has 116 valence electrons. The molecule has 5 nitrogen and oxygen atoms in total. The lowest BCUT2D eigenvalue weighted by Gasteiger charge is -2.26. The maximum Gasteiger partial charge on any atom is 0.253 e. The van der Waals surface area contributed by atoms with Crippen molar-refractivity contribution in [2.45, 2.75) is 44.1 Å². The Hall–Kier alpha value is -1.75. The van der Waals surface area contributed by atoms with E-state index in [9.17, 15) is 9.90 Å². The number of carbonyl (C=O) groups is 1. The minimum Gasteiger partial charge on any atom is -0.497 e. The van der Waals surface area contributed by atoms with Gasteiger partial charge in [0.1, 0.15) is 5.75 Å². The van der Waals surface area contributed by atoms with E-state index in [-0.39, 0.29) is 12.5 Å². The molecule has 5 heteroatoms. The Bertz CT molecular complexity index is 494. The van der Waals surface area contributed by atoms with Crippen LogP contribution in [0.2, 0.25) is 0 Å². The summed E-state index contributed by atoms with van der Waals surface area (Å²) in [7, 11) is 1.55. The third-order valence-corrected chi connectivity index (χ3v) is 4.12. The second-order valence-electron chi connectivity index (χ2n) is 5.77. The summed E-state index contributed by atoms with van der Waals surface area (Å²) in [6.07, 6.45) is 5.81. The van der Waals surface area contributed by atoms with Crippen LogP contribution in [0.25, 0.3) is 0 Å². The first-order chi connectivity index (χ1) is 10.0. The van der Waals surface area contributed by atoms with Gasteiger partial charge in [-0.25, -0.2) is 0 Å². The summed E-state index contributed by atoms with van der Waals surface area (Å²) in [6, 6.07) is 4.96. The standard InChI is InChI=1S/C16H24N2O3/c1-21-12-6-7-13(14(17)10-12)15(19)18-11-16(20)8-4-2-3-5-9-16/h6-7,10,20H,2-5,8-9,11,17H2,1H3,(H,18,19). The molecular weight excluding hydrogens is 268 g/mol. The van der Waals surface area contributed by atoms with E-state index in [1.165, 1.54) is 0 Å². The van der Waals surface area contributed by atoms with Gasteiger partial charge in [0, 0.05) is 18.3 Å². The molecule has 0 aromatic heterocycles. The normalized spacial score (nSPS) is 17.8. The van der Waals surface area contributed by atoms with E-state index in [0.717, 1.165) is 38.5 Å². The highest BCUT2D eigenvalue weighted by atomic mass is 16.5. The zero-order chi connectivity index (χ0) is 15.3. The number of benzene rings is 1. The smallest absolute Gasteiger partial charge is 0.253 e. The molecular formula is C16H24N2O3. The molecule has 1 aliphatic rings. The first kappa shape index (κ1) is 15.6. The van der Waals surface area contributed by atoms with Gasteiger partial charge in [-0.15, -0.1) is 0 Å². The van der Waals surface area contributed by atoms with Crippen LogP contribution >= 0.6 is 0 Å². The Morgan fingerprint density at radius 1 is 1.33 bits per heavy atom. The minimum absolute atomic E-state index is 0.257. The van der Waals surface area contributed by atoms with Crippen molar-refractivity contribution in [1.82, 2.24) is 5.32 Å². The van der Waals surface area contributed by atoms with Crippen LogP contribution in [0.4, 0.5) is 5.69 Å². The number of amides is 1. The fourth-order valence-corrected chi connectivity index (χ4v) is 2.78. The Balaban J connectivity index is 1.98. The zero-order valence-corrected chi connectivity index (χ0v) is 12.5. The van der Waals surface area contributed by atoms with Crippen LogP contribution in [0.5, 0.6) is 5.75 Å². The van der Waals surface area contributed by atoms with E-state index in [1.807, 2.05) is 0 Å². The van der Waals surface area contributed by atoms with Gasteiger partial charge in [0.2, 0.25) is 0 Å². The molecule has 1 saturated carbocycles. The van der Waals surface area contributed by atoms with Crippen molar-refractivity contribution in [3.05, 3.63) is 23.8 Å². The summed E-state index contributed by atoms with van der Waals surface area (Å²) >= 11 is 0. The molecule has 0 radical (unpaired) electrons. The summed E-state index contributed by atoms with van der Waals surface area (Å²) < 4.78 is 5.06. The zero-order valence-electron chi connectivity index (χ0n) is 12.5. The molecule has 0 aliphatic heterocycles. The molecule has 4 N–H and O–H groups in total. The molecule has 0 unspecified atom stereocenters. The van der Waals surface area contributed by atoms with Gasteiger partial charge in [-0.3, -0.25) is 4.79 Å². The van der Waals surface area contributed by atoms with Crippen LogP contribution in [0.15, 0.2) is 18.2 Å². The van der Waals surface area contributed by atoms with E-state index >= 15 is 0 Å². The van der Waals surface area contributed by atoms with Crippen molar-refractivity contribution in [3.63, 3.8) is 0 Å². The van der Waals surface area contributed by atoms with E-state index in [0.29, 0.717) is 17.0 Å². The number of rotatable bonds is 4. The first-order valence-electron chi connectivity index (χ1n) is 7.48. The lowest BCUT2D eigenvalue weighted by molar-refractivity contribution is 0.0246. The highest BCUT2D eigenvalue weighted by molar-refractivity contribution is 5.99. The van der Waals surface area contributed by atoms with Gasteiger partial charge >= 0.3 is 0 Å². The number of ether oxygens (including phenoxy) is 1. The number of anilines is 1. The van der Waals surface area contributed by atoms with Crippen LogP contribution in [-0.2, 0) is 0 Å². The fourth-order valence-electron chi connectivity index (χ4n) is 2.78. The third kappa shape index (κ3) is 4.11. The van der Waals surface area contributed by atoms with E-state index in [1.54, 1.807) is 25.3 Å². The van der Waals surface area contributed by atoms with Crippen molar-refractivity contribution >= 4 is 11.6 Å². The highest BCUT2D eigenvalue weighted by Crippen LogP contribution is 2.26. The van der Waals surface area contributed by atoms with Crippen LogP contribution < -0.4 is 15.8 Å². The summed E-state index contributed by atoms with van der Waals surface area (Å²) in [5.74, 6) is 0.360. The predicted molar refractivity (Wildman–Crippen MR) is 82.4 cm³/mol. The number of carbonyl (C=O) groups excluding carboxylic acids is 1. The first-order valence-corrected chi connectivity index (χ1v) is 7.48. The van der Waals surface area contributed by atoms with Gasteiger partial charge in [0.15, 0.2) is 0 Å². The number of nitrogens with one attached hydrogen (secondary N) is 1. The molecule has 1 amide bonds. The number of hydrogen-bond acceptors (Lipinski definition) is 4. The molecule has 21 heavy (non-hydrogen) atoms. The summed E-state index contributed by atoms with van der Waals surface area (Å²) in [6.45, 7) is 0.275. The molecule has 0 saturated heterocycles. The SMILES string of the molecule is COc1ccc(C(=O)NCC2(O)CCCCCC2)c(N)c1. The number of methoxy groups -OCH3 is 1. The predicted octanol–water partition coefficient (Wildman–Crippen LogP) is 2.09. The second kappa shape index (κ2) is 6.80. The number of hydrogen-bond donors (Lipinski definition) is 3. The van der Waals surface area contributed by atoms with Crippen molar-refractivity contribution < 1.29 is 14.6 Å². The molecule has 2 rings (SSSR count). The van der Waals surface area contributed by atoms with Crippen molar-refractivity contribution in [2.24, 2.45) is 0 Å². The van der Waals surface area contributed by atoms with Crippen LogP contribution in [0.1, 0.15) is 48.9 Å². The Kier molecular flexibility index (Phi) is 5.07. The number of nitrogens with two attached hydrogens (primary N) is 1. The number of aliphatic hydroxyl groups is 1. The molecule has 0 heterocycles. The Morgan fingerprint density at radius 2 is 2.00 bits per heavy atom. The second-order valence-corrected chi connectivity index (χ2v) is 5.77. The summed E-state index contributed by atoms with van der Waals surface area (Å²) in [5, 5.41) is 13.3. The van der Waals surface area contributed by atoms with Gasteiger partial charge in [0.25, 0.3) is 5.91 Å². The van der Waals surface area contributed by atoms with Gasteiger partial charge in [-0.05, 0) is 25.0 Å². The van der Waals surface area contributed by atoms with E-state index in [4.69, 9.17) is 10.5 Å². The maximum atomic E-state index is 12.2. The third-order valence-electron chi connectivity index (χ3n) is 4.12. The van der Waals surface area contributed by atoms with Crippen LogP contribution in [0, 0.1) is 0 Å². The van der Waals surface area contributed by atoms with Crippen molar-refractivity contribution in [2.75, 3.05) is 19.4 Å². The average Bonchev–Trinajstić information content (AvgIpc) is 2.70. The lowest BCUT2D eigenvalue weighted by Crippen LogP contribution is -2.42. The molecule has 1 aromatic rings. The monoisotopic (exact) mass is 292 g/mol. The van der Waals surface area contributed by atoms with E-state index in [2.05, 4.69) is 5.32 Å². The Morgan fingerprint density at radius 3 is 2.57 bits per heavy atom. The minimum atomic E-state index is -0.784. The van der Waals surface area contributed by atoms with E-state index < -0.39 is 5.60 Å². The van der Waals surface area contributed by atoms with Gasteiger partial charge < -0.3 is 20.9 Å². The summed E-state index contributed by atoms with van der Waals surface area (Å²) in [4.78, 5) is 12.2. The molecule has 0 spiro atoms. The van der Waals surface area contributed by atoms with Crippen LogP contribution in [0.3, 0.4) is 0 Å². The molecule has 1 aliphatic carbocycles. The Labute approximate surface area is 125 Å². The van der Waals surface area contributed by atoms with Gasteiger partial charge in [-0.1, -0.05) is 25.7 Å². The van der Waals surface area contributed by atoms with Crippen LogP contribution in [-0.4, -0.2) is 30.3 Å². The van der Waals surface area contributed by atoms with Crippen molar-refractivity contribution in [3.8, 4) is 5.75 Å². The van der Waals surface area contributed by atoms with Crippen molar-refractivity contribution in [1.29, 1.82) is 0 Å². The lowest BCUT2D eigenvalue weighted by atomic mass is 9.94. The summed E-state index contributed by atoms with van der Waals surface area (Å²) in [5.41, 5.74) is 5.86. The van der Waals surface area contributed by atoms with Gasteiger partial charge in [0.05, 0.1) is 18.3 Å². The molecule has 0 atom stereocenters. The fraction of sp³-hybridized carbons (Fsp3) is 0.562. The topological polar surface area (TPSA) is 84.6 Å². The molecule has 1 aromatic carbocycles. The maximum absolute atomic E-state index is 12.2. The number of nitrogen functional groups attached to an aromatic ring is 1. The average molecular weight is 292 g/mol. The quantitative estimate of drug-likeness (QED) is 0.586.